The lowest BCUT2D eigenvalue weighted by molar-refractivity contribution is -0.138. The van der Waals surface area contributed by atoms with Gasteiger partial charge in [-0.15, -0.1) is 0 Å². The fraction of sp³-hybridized carbons (Fsp3) is 0.857. The fourth-order valence-corrected chi connectivity index (χ4v) is 1.48. The normalized spacial score (nSPS) is 39.3. The molecule has 13 heavy (non-hydrogen) atoms. The number of nitrogens with one attached hydrogen (secondary N) is 1. The van der Waals surface area contributed by atoms with Gasteiger partial charge < -0.3 is 25.7 Å². The molecule has 0 aromatic heterocycles. The first-order valence-corrected chi connectivity index (χ1v) is 4.01. The highest BCUT2D eigenvalue weighted by molar-refractivity contribution is 5.67. The highest BCUT2D eigenvalue weighted by Gasteiger charge is 2.41. The monoisotopic (exact) mass is 191 g/mol. The van der Waals surface area contributed by atoms with E-state index in [1.165, 1.54) is 0 Å². The SMILES string of the molecule is O=C(O)CC1NC(CO)C(O)C1O. The van der Waals surface area contributed by atoms with E-state index in [2.05, 4.69) is 5.32 Å². The molecule has 0 spiro atoms. The third-order valence-electron chi connectivity index (χ3n) is 2.19. The Kier molecular flexibility index (Phi) is 3.21. The van der Waals surface area contributed by atoms with Gasteiger partial charge in [0.1, 0.15) is 0 Å². The Morgan fingerprint density at radius 3 is 2.15 bits per heavy atom. The van der Waals surface area contributed by atoms with Crippen LogP contribution in [-0.4, -0.2) is 57.3 Å². The standard InChI is InChI=1S/C7H13NO5/c9-2-4-7(13)6(12)3(8-4)1-5(10)11/h3-4,6-9,12-13H,1-2H2,(H,10,11). The molecule has 5 N–H and O–H groups in total. The van der Waals surface area contributed by atoms with Crippen molar-refractivity contribution >= 4 is 5.97 Å². The average Bonchev–Trinajstić information content (AvgIpc) is 2.32. The number of rotatable bonds is 3. The molecule has 0 aliphatic carbocycles. The summed E-state index contributed by atoms with van der Waals surface area (Å²) in [7, 11) is 0. The van der Waals surface area contributed by atoms with Crippen LogP contribution in [0.5, 0.6) is 0 Å². The number of hydrogen-bond acceptors (Lipinski definition) is 5. The van der Waals surface area contributed by atoms with E-state index in [0.717, 1.165) is 0 Å². The van der Waals surface area contributed by atoms with Crippen LogP contribution in [0, 0.1) is 0 Å². The molecule has 0 aromatic carbocycles. The van der Waals surface area contributed by atoms with E-state index in [1.54, 1.807) is 0 Å². The topological polar surface area (TPSA) is 110 Å². The number of aliphatic hydroxyl groups excluding tert-OH is 3. The van der Waals surface area contributed by atoms with Crippen molar-refractivity contribution in [2.45, 2.75) is 30.7 Å². The van der Waals surface area contributed by atoms with Gasteiger partial charge in [0, 0.05) is 6.04 Å². The van der Waals surface area contributed by atoms with E-state index >= 15 is 0 Å². The third kappa shape index (κ3) is 2.16. The molecule has 4 atom stereocenters. The molecule has 6 heteroatoms. The molecule has 4 unspecified atom stereocenters. The maximum atomic E-state index is 10.3. The summed E-state index contributed by atoms with van der Waals surface area (Å²) in [5.74, 6) is -1.05. The van der Waals surface area contributed by atoms with Gasteiger partial charge in [0.2, 0.25) is 0 Å². The van der Waals surface area contributed by atoms with Gasteiger partial charge in [-0.05, 0) is 0 Å². The van der Waals surface area contributed by atoms with Crippen LogP contribution in [-0.2, 0) is 4.79 Å². The number of carboxylic acids is 1. The highest BCUT2D eigenvalue weighted by atomic mass is 16.4. The van der Waals surface area contributed by atoms with Crippen LogP contribution >= 0.6 is 0 Å². The lowest BCUT2D eigenvalue weighted by atomic mass is 10.1. The van der Waals surface area contributed by atoms with E-state index in [0.29, 0.717) is 0 Å². The van der Waals surface area contributed by atoms with E-state index in [4.69, 9.17) is 10.2 Å². The van der Waals surface area contributed by atoms with Gasteiger partial charge in [0.05, 0.1) is 31.3 Å². The fourth-order valence-electron chi connectivity index (χ4n) is 1.48. The maximum Gasteiger partial charge on any atom is 0.305 e. The summed E-state index contributed by atoms with van der Waals surface area (Å²) < 4.78 is 0. The molecule has 0 amide bonds. The average molecular weight is 191 g/mol. The second-order valence-electron chi connectivity index (χ2n) is 3.14. The van der Waals surface area contributed by atoms with Gasteiger partial charge in [-0.2, -0.15) is 0 Å². The maximum absolute atomic E-state index is 10.3. The Morgan fingerprint density at radius 1 is 1.23 bits per heavy atom. The van der Waals surface area contributed by atoms with Crippen LogP contribution in [0.3, 0.4) is 0 Å². The van der Waals surface area contributed by atoms with Crippen molar-refractivity contribution in [2.75, 3.05) is 6.61 Å². The second-order valence-corrected chi connectivity index (χ2v) is 3.14. The summed E-state index contributed by atoms with van der Waals surface area (Å²) in [4.78, 5) is 10.3. The lowest BCUT2D eigenvalue weighted by Gasteiger charge is -2.13. The van der Waals surface area contributed by atoms with Gasteiger partial charge >= 0.3 is 5.97 Å². The van der Waals surface area contributed by atoms with Crippen molar-refractivity contribution in [3.63, 3.8) is 0 Å². The molecule has 6 nitrogen and oxygen atoms in total. The van der Waals surface area contributed by atoms with Gasteiger partial charge in [-0.25, -0.2) is 0 Å². The van der Waals surface area contributed by atoms with Crippen molar-refractivity contribution in [3.05, 3.63) is 0 Å². The molecule has 1 saturated heterocycles. The number of hydrogen-bond donors (Lipinski definition) is 5. The van der Waals surface area contributed by atoms with E-state index < -0.39 is 30.3 Å². The smallest absolute Gasteiger partial charge is 0.305 e. The molecule has 1 heterocycles. The zero-order valence-corrected chi connectivity index (χ0v) is 6.92. The largest absolute Gasteiger partial charge is 0.481 e. The van der Waals surface area contributed by atoms with Crippen molar-refractivity contribution in [1.82, 2.24) is 5.32 Å². The summed E-state index contributed by atoms with van der Waals surface area (Å²) in [5, 5.41) is 38.4. The van der Waals surface area contributed by atoms with Gasteiger partial charge in [0.25, 0.3) is 0 Å². The Morgan fingerprint density at radius 2 is 1.77 bits per heavy atom. The first-order chi connectivity index (χ1) is 6.06. The van der Waals surface area contributed by atoms with Gasteiger partial charge in [0.15, 0.2) is 0 Å². The summed E-state index contributed by atoms with van der Waals surface area (Å²) in [5.41, 5.74) is 0. The summed E-state index contributed by atoms with van der Waals surface area (Å²) in [6, 6.07) is -1.33. The summed E-state index contributed by atoms with van der Waals surface area (Å²) >= 11 is 0. The van der Waals surface area contributed by atoms with Crippen LogP contribution in [0.4, 0.5) is 0 Å². The molecular formula is C7H13NO5. The predicted molar refractivity (Wildman–Crippen MR) is 42.1 cm³/mol. The van der Waals surface area contributed by atoms with E-state index in [-0.39, 0.29) is 13.0 Å². The second kappa shape index (κ2) is 4.01. The van der Waals surface area contributed by atoms with Gasteiger partial charge in [-0.1, -0.05) is 0 Å². The number of aliphatic carboxylic acids is 1. The van der Waals surface area contributed by atoms with Crippen LogP contribution in [0.2, 0.25) is 0 Å². The Hall–Kier alpha value is -0.690. The predicted octanol–water partition coefficient (Wildman–Crippen LogP) is -2.48. The van der Waals surface area contributed by atoms with E-state index in [9.17, 15) is 15.0 Å². The first kappa shape index (κ1) is 10.4. The zero-order chi connectivity index (χ0) is 10.0. The lowest BCUT2D eigenvalue weighted by Crippen LogP contribution is -2.36. The minimum atomic E-state index is -1.13. The molecule has 1 aliphatic rings. The number of aliphatic hydroxyl groups is 3. The molecule has 0 aromatic rings. The molecule has 1 rings (SSSR count). The molecule has 0 saturated carbocycles. The molecule has 0 bridgehead atoms. The Balaban J connectivity index is 2.55. The summed E-state index contributed by atoms with van der Waals surface area (Å²) in [6.07, 6.45) is -2.50. The minimum absolute atomic E-state index is 0.269. The van der Waals surface area contributed by atoms with Crippen LogP contribution in [0.1, 0.15) is 6.42 Å². The third-order valence-corrected chi connectivity index (χ3v) is 2.19. The molecule has 76 valence electrons. The Bertz CT molecular complexity index is 197. The molecule has 1 aliphatic heterocycles. The molecule has 0 radical (unpaired) electrons. The summed E-state index contributed by atoms with van der Waals surface area (Å²) in [6.45, 7) is -0.325. The van der Waals surface area contributed by atoms with E-state index in [1.807, 2.05) is 0 Å². The highest BCUT2D eigenvalue weighted by Crippen LogP contribution is 2.16. The van der Waals surface area contributed by atoms with Crippen LogP contribution < -0.4 is 5.32 Å². The minimum Gasteiger partial charge on any atom is -0.481 e. The zero-order valence-electron chi connectivity index (χ0n) is 6.92. The van der Waals surface area contributed by atoms with Crippen molar-refractivity contribution in [3.8, 4) is 0 Å². The number of carboxylic acid groups (broad SMARTS) is 1. The number of carbonyl (C=O) groups is 1. The first-order valence-electron chi connectivity index (χ1n) is 4.01. The van der Waals surface area contributed by atoms with Crippen LogP contribution in [0.25, 0.3) is 0 Å². The van der Waals surface area contributed by atoms with Crippen molar-refractivity contribution < 1.29 is 25.2 Å². The van der Waals surface area contributed by atoms with Gasteiger partial charge in [-0.3, -0.25) is 4.79 Å². The van der Waals surface area contributed by atoms with Crippen molar-refractivity contribution in [2.24, 2.45) is 0 Å². The van der Waals surface area contributed by atoms with Crippen LogP contribution in [0.15, 0.2) is 0 Å². The Labute approximate surface area is 74.8 Å². The van der Waals surface area contributed by atoms with Crippen molar-refractivity contribution in [1.29, 1.82) is 0 Å². The quantitative estimate of drug-likeness (QED) is 0.338. The molecular weight excluding hydrogens is 178 g/mol. The molecule has 1 fully saturated rings.